The molecular weight excluding hydrogens is 294 g/mol. The second-order valence-electron chi connectivity index (χ2n) is 2.93. The van der Waals surface area contributed by atoms with E-state index in [2.05, 4.69) is 22.9 Å². The first-order valence-electron chi connectivity index (χ1n) is 4.66. The van der Waals surface area contributed by atoms with Gasteiger partial charge in [-0.2, -0.15) is 11.8 Å². The largest absolute Gasteiger partial charge is 0.398 e. The summed E-state index contributed by atoms with van der Waals surface area (Å²) in [5.74, 6) is 2.64. The third kappa shape index (κ3) is 4.17. The van der Waals surface area contributed by atoms with Crippen LogP contribution >= 0.6 is 27.7 Å². The zero-order chi connectivity index (χ0) is 11.3. The number of hydrogen-bond donors (Lipinski definition) is 1. The van der Waals surface area contributed by atoms with Crippen molar-refractivity contribution in [2.75, 3.05) is 23.0 Å². The average molecular weight is 308 g/mol. The molecule has 0 aliphatic carbocycles. The Balaban J connectivity index is 2.68. The molecule has 2 N–H and O–H groups in total. The molecule has 1 atom stereocenters. The molecule has 0 amide bonds. The molecule has 1 aromatic carbocycles. The number of rotatable bonds is 5. The summed E-state index contributed by atoms with van der Waals surface area (Å²) in [5, 5.41) is 0. The van der Waals surface area contributed by atoms with Crippen molar-refractivity contribution in [2.45, 2.75) is 11.8 Å². The Kier molecular flexibility index (Phi) is 5.71. The van der Waals surface area contributed by atoms with Gasteiger partial charge in [0.2, 0.25) is 0 Å². The zero-order valence-electron chi connectivity index (χ0n) is 8.53. The highest BCUT2D eigenvalue weighted by Crippen LogP contribution is 2.22. The lowest BCUT2D eigenvalue weighted by Gasteiger charge is -2.05. The normalized spacial score (nSPS) is 12.7. The van der Waals surface area contributed by atoms with Crippen LogP contribution in [0.2, 0.25) is 0 Å². The topological polar surface area (TPSA) is 43.1 Å². The second-order valence-corrected chi connectivity index (χ2v) is 6.78. The third-order valence-corrected chi connectivity index (χ3v) is 4.91. The number of nitrogen functional groups attached to an aromatic ring is 1. The summed E-state index contributed by atoms with van der Waals surface area (Å²) in [6, 6.07) is 5.48. The molecule has 0 bridgehead atoms. The molecule has 5 heteroatoms. The van der Waals surface area contributed by atoms with Crippen LogP contribution in [0, 0.1) is 0 Å². The molecule has 1 rings (SSSR count). The summed E-state index contributed by atoms with van der Waals surface area (Å²) in [6.07, 6.45) is 0. The maximum Gasteiger partial charge on any atom is 0.0628 e. The van der Waals surface area contributed by atoms with E-state index in [1.165, 1.54) is 0 Å². The quantitative estimate of drug-likeness (QED) is 0.672. The highest BCUT2D eigenvalue weighted by molar-refractivity contribution is 9.10. The highest BCUT2D eigenvalue weighted by atomic mass is 79.9. The van der Waals surface area contributed by atoms with Gasteiger partial charge in [0.05, 0.1) is 15.7 Å². The van der Waals surface area contributed by atoms with E-state index in [-0.39, 0.29) is 0 Å². The summed E-state index contributed by atoms with van der Waals surface area (Å²) in [5.41, 5.74) is 6.38. The van der Waals surface area contributed by atoms with Crippen LogP contribution in [0.15, 0.2) is 27.6 Å². The van der Waals surface area contributed by atoms with Gasteiger partial charge >= 0.3 is 0 Å². The first-order valence-corrected chi connectivity index (χ1v) is 7.93. The van der Waals surface area contributed by atoms with Gasteiger partial charge in [-0.05, 0) is 24.0 Å². The highest BCUT2D eigenvalue weighted by Gasteiger charge is 2.08. The van der Waals surface area contributed by atoms with Crippen LogP contribution in [-0.2, 0) is 10.8 Å². The van der Waals surface area contributed by atoms with Gasteiger partial charge in [0.15, 0.2) is 0 Å². The summed E-state index contributed by atoms with van der Waals surface area (Å²) in [6.45, 7) is 2.10. The SMILES string of the molecule is CCSCCS(=O)c1cc(Br)ccc1N. The number of nitrogens with two attached hydrogens (primary N) is 1. The van der Waals surface area contributed by atoms with Crippen LogP contribution in [0.4, 0.5) is 5.69 Å². The fourth-order valence-corrected chi connectivity index (χ4v) is 3.78. The standard InChI is InChI=1S/C10H14BrNOS2/c1-2-14-5-6-15(13)10-7-8(11)3-4-9(10)12/h3-4,7H,2,5-6,12H2,1H3. The van der Waals surface area contributed by atoms with Crippen LogP contribution in [0.25, 0.3) is 0 Å². The van der Waals surface area contributed by atoms with Crippen molar-refractivity contribution in [3.63, 3.8) is 0 Å². The average Bonchev–Trinajstić information content (AvgIpc) is 2.22. The Bertz CT molecular complexity index is 357. The van der Waals surface area contributed by atoms with E-state index in [0.717, 1.165) is 20.9 Å². The molecule has 0 heterocycles. The van der Waals surface area contributed by atoms with E-state index in [1.807, 2.05) is 12.1 Å². The lowest BCUT2D eigenvalue weighted by molar-refractivity contribution is 0.684. The van der Waals surface area contributed by atoms with Crippen LogP contribution < -0.4 is 5.73 Å². The van der Waals surface area contributed by atoms with E-state index in [9.17, 15) is 4.21 Å². The third-order valence-electron chi connectivity index (χ3n) is 1.84. The van der Waals surface area contributed by atoms with Crippen LogP contribution in [0.1, 0.15) is 6.92 Å². The fourth-order valence-electron chi connectivity index (χ4n) is 1.09. The molecule has 0 radical (unpaired) electrons. The summed E-state index contributed by atoms with van der Waals surface area (Å²) < 4.78 is 12.8. The van der Waals surface area contributed by atoms with Crippen molar-refractivity contribution in [3.8, 4) is 0 Å². The number of halogens is 1. The van der Waals surface area contributed by atoms with Crippen LogP contribution in [-0.4, -0.2) is 21.5 Å². The molecule has 0 aromatic heterocycles. The minimum Gasteiger partial charge on any atom is -0.398 e. The van der Waals surface area contributed by atoms with Gasteiger partial charge < -0.3 is 5.73 Å². The summed E-state index contributed by atoms with van der Waals surface area (Å²) in [7, 11) is -0.983. The van der Waals surface area contributed by atoms with Gasteiger partial charge in [0.1, 0.15) is 0 Å². The van der Waals surface area contributed by atoms with E-state index >= 15 is 0 Å². The molecule has 0 aliphatic heterocycles. The molecule has 0 spiro atoms. The molecule has 0 aliphatic rings. The van der Waals surface area contributed by atoms with E-state index in [0.29, 0.717) is 11.4 Å². The first kappa shape index (κ1) is 13.1. The second kappa shape index (κ2) is 6.55. The van der Waals surface area contributed by atoms with Crippen molar-refractivity contribution >= 4 is 44.2 Å². The van der Waals surface area contributed by atoms with Crippen LogP contribution in [0.3, 0.4) is 0 Å². The van der Waals surface area contributed by atoms with Crippen molar-refractivity contribution < 1.29 is 4.21 Å². The predicted octanol–water partition coefficient (Wildman–Crippen LogP) is 2.89. The first-order chi connectivity index (χ1) is 7.15. The Morgan fingerprint density at radius 2 is 2.27 bits per heavy atom. The Labute approximate surface area is 106 Å². The lowest BCUT2D eigenvalue weighted by Crippen LogP contribution is -2.04. The van der Waals surface area contributed by atoms with Crippen LogP contribution in [0.5, 0.6) is 0 Å². The fraction of sp³-hybridized carbons (Fsp3) is 0.400. The smallest absolute Gasteiger partial charge is 0.0628 e. The Morgan fingerprint density at radius 1 is 1.53 bits per heavy atom. The van der Waals surface area contributed by atoms with Gasteiger partial charge in [-0.3, -0.25) is 4.21 Å². The molecule has 0 saturated carbocycles. The van der Waals surface area contributed by atoms with E-state index in [1.54, 1.807) is 17.8 Å². The van der Waals surface area contributed by atoms with Crippen molar-refractivity contribution in [3.05, 3.63) is 22.7 Å². The van der Waals surface area contributed by atoms with Gasteiger partial charge in [-0.15, -0.1) is 0 Å². The van der Waals surface area contributed by atoms with E-state index in [4.69, 9.17) is 5.73 Å². The molecule has 84 valence electrons. The number of benzene rings is 1. The molecule has 0 saturated heterocycles. The van der Waals surface area contributed by atoms with Gasteiger partial charge in [0.25, 0.3) is 0 Å². The molecular formula is C10H14BrNOS2. The summed E-state index contributed by atoms with van der Waals surface area (Å²) >= 11 is 5.15. The van der Waals surface area contributed by atoms with E-state index < -0.39 is 10.8 Å². The molecule has 2 nitrogen and oxygen atoms in total. The molecule has 0 fully saturated rings. The Hall–Kier alpha value is -0.000000000000000167. The summed E-state index contributed by atoms with van der Waals surface area (Å²) in [4.78, 5) is 0.737. The maximum absolute atomic E-state index is 11.9. The van der Waals surface area contributed by atoms with Crippen molar-refractivity contribution in [2.24, 2.45) is 0 Å². The lowest BCUT2D eigenvalue weighted by atomic mass is 10.3. The van der Waals surface area contributed by atoms with Gasteiger partial charge in [-0.1, -0.05) is 22.9 Å². The predicted molar refractivity (Wildman–Crippen MR) is 72.8 cm³/mol. The molecule has 1 unspecified atom stereocenters. The number of hydrogen-bond acceptors (Lipinski definition) is 3. The number of thioether (sulfide) groups is 1. The minimum absolute atomic E-state index is 0.609. The monoisotopic (exact) mass is 307 g/mol. The van der Waals surface area contributed by atoms with Crippen molar-refractivity contribution in [1.29, 1.82) is 0 Å². The minimum atomic E-state index is -0.983. The maximum atomic E-state index is 11.9. The zero-order valence-corrected chi connectivity index (χ0v) is 11.8. The van der Waals surface area contributed by atoms with Gasteiger partial charge in [-0.25, -0.2) is 0 Å². The van der Waals surface area contributed by atoms with Gasteiger partial charge in [0, 0.05) is 21.7 Å². The number of anilines is 1. The Morgan fingerprint density at radius 3 is 2.93 bits per heavy atom. The molecule has 15 heavy (non-hydrogen) atoms. The van der Waals surface area contributed by atoms with Crippen molar-refractivity contribution in [1.82, 2.24) is 0 Å². The molecule has 1 aromatic rings.